The van der Waals surface area contributed by atoms with E-state index in [1.165, 1.54) is 11.3 Å². The first-order chi connectivity index (χ1) is 8.50. The van der Waals surface area contributed by atoms with E-state index in [-0.39, 0.29) is 10.9 Å². The minimum Gasteiger partial charge on any atom is -0.207 e. The fraction of sp³-hybridized carbons (Fsp3) is 0.167. The van der Waals surface area contributed by atoms with Crippen LogP contribution in [0.4, 0.5) is 0 Å². The minimum absolute atomic E-state index is 0.234. The van der Waals surface area contributed by atoms with Crippen LogP contribution < -0.4 is 4.72 Å². The highest BCUT2D eigenvalue weighted by molar-refractivity contribution is 9.10. The Morgan fingerprint density at radius 3 is 2.56 bits per heavy atom. The lowest BCUT2D eigenvalue weighted by Crippen LogP contribution is -2.26. The van der Waals surface area contributed by atoms with Gasteiger partial charge in [-0.25, -0.2) is 13.1 Å². The summed E-state index contributed by atoms with van der Waals surface area (Å²) in [5.41, 5.74) is 0. The van der Waals surface area contributed by atoms with E-state index in [4.69, 9.17) is 0 Å². The number of thiophene rings is 1. The van der Waals surface area contributed by atoms with Crippen LogP contribution in [0.1, 0.15) is 17.8 Å². The lowest BCUT2D eigenvalue weighted by Gasteiger charge is -2.13. The quantitative estimate of drug-likeness (QED) is 0.920. The third-order valence-electron chi connectivity index (χ3n) is 2.43. The molecule has 1 N–H and O–H groups in total. The Bertz CT molecular complexity index is 623. The highest BCUT2D eigenvalue weighted by atomic mass is 79.9. The molecule has 0 radical (unpaired) electrons. The lowest BCUT2D eigenvalue weighted by atomic mass is 10.3. The molecule has 0 fully saturated rings. The van der Waals surface area contributed by atoms with Crippen LogP contribution in [0.15, 0.2) is 51.1 Å². The van der Waals surface area contributed by atoms with Crippen LogP contribution in [0.5, 0.6) is 0 Å². The Morgan fingerprint density at radius 2 is 1.94 bits per heavy atom. The Labute approximate surface area is 119 Å². The summed E-state index contributed by atoms with van der Waals surface area (Å²) in [7, 11) is -3.51. The lowest BCUT2D eigenvalue weighted by molar-refractivity contribution is 0.568. The SMILES string of the molecule is C[C@H](NS(=O)(=O)c1ccccc1Br)c1cccs1. The molecular formula is C12H12BrNO2S2. The first-order valence-electron chi connectivity index (χ1n) is 5.31. The molecule has 0 bridgehead atoms. The van der Waals surface area contributed by atoms with Crippen LogP contribution >= 0.6 is 27.3 Å². The van der Waals surface area contributed by atoms with Crippen molar-refractivity contribution in [2.24, 2.45) is 0 Å². The summed E-state index contributed by atoms with van der Waals surface area (Å²) in [6.45, 7) is 1.83. The molecule has 6 heteroatoms. The molecule has 0 aliphatic rings. The summed E-state index contributed by atoms with van der Waals surface area (Å²) in [6.07, 6.45) is 0. The number of hydrogen-bond acceptors (Lipinski definition) is 3. The molecule has 18 heavy (non-hydrogen) atoms. The molecule has 0 saturated carbocycles. The van der Waals surface area contributed by atoms with E-state index in [1.54, 1.807) is 24.3 Å². The fourth-order valence-electron chi connectivity index (χ4n) is 1.55. The Balaban J connectivity index is 2.26. The van der Waals surface area contributed by atoms with Crippen molar-refractivity contribution in [2.75, 3.05) is 0 Å². The molecule has 0 unspecified atom stereocenters. The number of halogens is 1. The monoisotopic (exact) mass is 345 g/mol. The second-order valence-corrected chi connectivity index (χ2v) is 7.30. The molecule has 0 saturated heterocycles. The van der Waals surface area contributed by atoms with Crippen molar-refractivity contribution >= 4 is 37.3 Å². The second kappa shape index (κ2) is 5.52. The van der Waals surface area contributed by atoms with E-state index in [9.17, 15) is 8.42 Å². The van der Waals surface area contributed by atoms with Crippen molar-refractivity contribution in [3.63, 3.8) is 0 Å². The zero-order valence-corrected chi connectivity index (χ0v) is 12.8. The standard InChI is InChI=1S/C12H12BrNO2S2/c1-9(11-6-4-8-17-11)14-18(15,16)12-7-3-2-5-10(12)13/h2-9,14H,1H3/t9-/m0/s1. The Kier molecular flexibility index (Phi) is 4.21. The fourth-order valence-corrected chi connectivity index (χ4v) is 4.59. The van der Waals surface area contributed by atoms with Crippen LogP contribution in [0.25, 0.3) is 0 Å². The average Bonchev–Trinajstić information content (AvgIpc) is 2.82. The first kappa shape index (κ1) is 13.7. The molecule has 3 nitrogen and oxygen atoms in total. The molecule has 1 atom stereocenters. The predicted octanol–water partition coefficient (Wildman–Crippen LogP) is 3.55. The van der Waals surface area contributed by atoms with E-state index < -0.39 is 10.0 Å². The highest BCUT2D eigenvalue weighted by Gasteiger charge is 2.20. The zero-order valence-electron chi connectivity index (χ0n) is 9.63. The molecule has 2 rings (SSSR count). The van der Waals surface area contributed by atoms with Crippen LogP contribution in [-0.2, 0) is 10.0 Å². The van der Waals surface area contributed by atoms with Crippen LogP contribution in [0.3, 0.4) is 0 Å². The third-order valence-corrected chi connectivity index (χ3v) is 6.04. The van der Waals surface area contributed by atoms with Crippen LogP contribution in [-0.4, -0.2) is 8.42 Å². The van der Waals surface area contributed by atoms with Gasteiger partial charge >= 0.3 is 0 Å². The average molecular weight is 346 g/mol. The maximum absolute atomic E-state index is 12.2. The molecule has 0 aliphatic carbocycles. The molecule has 0 aliphatic heterocycles. The molecule has 1 heterocycles. The number of nitrogens with one attached hydrogen (secondary N) is 1. The number of hydrogen-bond donors (Lipinski definition) is 1. The van der Waals surface area contributed by atoms with Gasteiger partial charge in [-0.05, 0) is 46.4 Å². The van der Waals surface area contributed by atoms with E-state index in [1.807, 2.05) is 24.4 Å². The maximum atomic E-state index is 12.2. The van der Waals surface area contributed by atoms with Crippen molar-refractivity contribution in [1.29, 1.82) is 0 Å². The smallest absolute Gasteiger partial charge is 0.207 e. The zero-order chi connectivity index (χ0) is 13.2. The Morgan fingerprint density at radius 1 is 1.22 bits per heavy atom. The molecule has 0 amide bonds. The summed E-state index contributed by atoms with van der Waals surface area (Å²) in [5, 5.41) is 1.93. The van der Waals surface area contributed by atoms with Gasteiger partial charge in [0.2, 0.25) is 10.0 Å². The predicted molar refractivity (Wildman–Crippen MR) is 77.2 cm³/mol. The van der Waals surface area contributed by atoms with Gasteiger partial charge < -0.3 is 0 Å². The summed E-state index contributed by atoms with van der Waals surface area (Å²) < 4.78 is 27.7. The van der Waals surface area contributed by atoms with Gasteiger partial charge in [-0.3, -0.25) is 0 Å². The number of rotatable bonds is 4. The van der Waals surface area contributed by atoms with Crippen molar-refractivity contribution in [3.05, 3.63) is 51.1 Å². The normalized spacial score (nSPS) is 13.4. The topological polar surface area (TPSA) is 46.2 Å². The summed E-state index contributed by atoms with van der Waals surface area (Å²) in [4.78, 5) is 1.25. The van der Waals surface area contributed by atoms with Crippen molar-refractivity contribution in [3.8, 4) is 0 Å². The van der Waals surface area contributed by atoms with Gasteiger partial charge in [0.05, 0.1) is 10.9 Å². The number of benzene rings is 1. The summed E-state index contributed by atoms with van der Waals surface area (Å²) in [5.74, 6) is 0. The second-order valence-electron chi connectivity index (χ2n) is 3.79. The van der Waals surface area contributed by atoms with Crippen molar-refractivity contribution in [2.45, 2.75) is 17.9 Å². The molecule has 96 valence electrons. The number of sulfonamides is 1. The van der Waals surface area contributed by atoms with Gasteiger partial charge in [0, 0.05) is 9.35 Å². The van der Waals surface area contributed by atoms with Crippen molar-refractivity contribution < 1.29 is 8.42 Å². The van der Waals surface area contributed by atoms with Gasteiger partial charge in [0.25, 0.3) is 0 Å². The van der Waals surface area contributed by atoms with Crippen LogP contribution in [0, 0.1) is 0 Å². The molecular weight excluding hydrogens is 334 g/mol. The highest BCUT2D eigenvalue weighted by Crippen LogP contribution is 2.24. The van der Waals surface area contributed by atoms with E-state index >= 15 is 0 Å². The largest absolute Gasteiger partial charge is 0.242 e. The summed E-state index contributed by atoms with van der Waals surface area (Å²) >= 11 is 4.79. The maximum Gasteiger partial charge on any atom is 0.242 e. The van der Waals surface area contributed by atoms with Gasteiger partial charge in [0.1, 0.15) is 0 Å². The third kappa shape index (κ3) is 3.00. The van der Waals surface area contributed by atoms with E-state index in [2.05, 4.69) is 20.7 Å². The minimum atomic E-state index is -3.51. The van der Waals surface area contributed by atoms with Gasteiger partial charge in [-0.2, -0.15) is 0 Å². The molecule has 2 aromatic rings. The van der Waals surface area contributed by atoms with Gasteiger partial charge in [-0.1, -0.05) is 18.2 Å². The van der Waals surface area contributed by atoms with E-state index in [0.717, 1.165) is 4.88 Å². The first-order valence-corrected chi connectivity index (χ1v) is 8.46. The molecule has 1 aromatic carbocycles. The van der Waals surface area contributed by atoms with Crippen LogP contribution in [0.2, 0.25) is 0 Å². The summed E-state index contributed by atoms with van der Waals surface area (Å²) in [6, 6.07) is 10.4. The Hall–Kier alpha value is -0.690. The van der Waals surface area contributed by atoms with Gasteiger partial charge in [0.15, 0.2) is 0 Å². The molecule has 0 spiro atoms. The van der Waals surface area contributed by atoms with Gasteiger partial charge in [-0.15, -0.1) is 11.3 Å². The van der Waals surface area contributed by atoms with Crippen molar-refractivity contribution in [1.82, 2.24) is 4.72 Å². The van der Waals surface area contributed by atoms with E-state index in [0.29, 0.717) is 4.47 Å². The molecule has 1 aromatic heterocycles.